The van der Waals surface area contributed by atoms with Crippen molar-refractivity contribution in [2.24, 2.45) is 0 Å². The summed E-state index contributed by atoms with van der Waals surface area (Å²) in [5.41, 5.74) is 0.819. The minimum atomic E-state index is -3.19. The van der Waals surface area contributed by atoms with Crippen molar-refractivity contribution in [2.75, 3.05) is 20.0 Å². The number of hydrogen-bond acceptors (Lipinski definition) is 4. The summed E-state index contributed by atoms with van der Waals surface area (Å²) in [5, 5.41) is 0. The summed E-state index contributed by atoms with van der Waals surface area (Å²) in [6.07, 6.45) is 1.12. The Labute approximate surface area is 102 Å². The quantitative estimate of drug-likeness (QED) is 0.832. The Balaban J connectivity index is 2.84. The van der Waals surface area contributed by atoms with Gasteiger partial charge >= 0.3 is 0 Å². The first-order valence-corrected chi connectivity index (χ1v) is 7.09. The Morgan fingerprint density at radius 3 is 2.53 bits per heavy atom. The zero-order chi connectivity index (χ0) is 12.9. The fourth-order valence-electron chi connectivity index (χ4n) is 1.31. The molecule has 0 aliphatic heterocycles. The van der Waals surface area contributed by atoms with E-state index in [-0.39, 0.29) is 6.54 Å². The molecule has 0 heterocycles. The van der Waals surface area contributed by atoms with E-state index in [9.17, 15) is 8.42 Å². The molecule has 1 aromatic rings. The number of nitrogens with one attached hydrogen (secondary N) is 1. The van der Waals surface area contributed by atoms with Gasteiger partial charge in [-0.2, -0.15) is 0 Å². The third-order valence-corrected chi connectivity index (χ3v) is 2.74. The van der Waals surface area contributed by atoms with E-state index in [1.165, 1.54) is 0 Å². The molecule has 0 radical (unpaired) electrons. The van der Waals surface area contributed by atoms with Gasteiger partial charge in [0.05, 0.1) is 20.0 Å². The Morgan fingerprint density at radius 1 is 1.29 bits per heavy atom. The van der Waals surface area contributed by atoms with Crippen LogP contribution in [-0.2, 0) is 16.6 Å². The zero-order valence-electron chi connectivity index (χ0n) is 10.2. The van der Waals surface area contributed by atoms with Crippen molar-refractivity contribution in [3.63, 3.8) is 0 Å². The Kier molecular flexibility index (Phi) is 4.77. The Hall–Kier alpha value is -1.27. The van der Waals surface area contributed by atoms with Gasteiger partial charge < -0.3 is 9.47 Å². The van der Waals surface area contributed by atoms with Crippen LogP contribution >= 0.6 is 0 Å². The molecule has 1 rings (SSSR count). The second-order valence-electron chi connectivity index (χ2n) is 3.51. The number of rotatable bonds is 6. The largest absolute Gasteiger partial charge is 0.493 e. The van der Waals surface area contributed by atoms with E-state index in [1.54, 1.807) is 25.3 Å². The fourth-order valence-corrected chi connectivity index (χ4v) is 1.74. The van der Waals surface area contributed by atoms with E-state index in [0.717, 1.165) is 11.8 Å². The van der Waals surface area contributed by atoms with Gasteiger partial charge in [0.25, 0.3) is 0 Å². The summed E-state index contributed by atoms with van der Waals surface area (Å²) in [6, 6.07) is 5.31. The number of ether oxygens (including phenoxy) is 2. The maximum Gasteiger partial charge on any atom is 0.209 e. The van der Waals surface area contributed by atoms with Crippen LogP contribution in [0.3, 0.4) is 0 Å². The molecular weight excluding hydrogens is 242 g/mol. The van der Waals surface area contributed by atoms with E-state index in [1.807, 2.05) is 6.92 Å². The van der Waals surface area contributed by atoms with Crippen molar-refractivity contribution < 1.29 is 17.9 Å². The van der Waals surface area contributed by atoms with Gasteiger partial charge in [0.1, 0.15) is 0 Å². The number of sulfonamides is 1. The molecule has 6 heteroatoms. The van der Waals surface area contributed by atoms with Gasteiger partial charge in [-0.15, -0.1) is 0 Å². The fraction of sp³-hybridized carbons (Fsp3) is 0.455. The second kappa shape index (κ2) is 5.88. The molecular formula is C11H17NO4S. The molecule has 0 aliphatic carbocycles. The summed E-state index contributed by atoms with van der Waals surface area (Å²) < 4.78 is 34.9. The van der Waals surface area contributed by atoms with Crippen molar-refractivity contribution in [2.45, 2.75) is 13.5 Å². The third-order valence-electron chi connectivity index (χ3n) is 2.07. The lowest BCUT2D eigenvalue weighted by molar-refractivity contribution is 0.310. The van der Waals surface area contributed by atoms with Crippen molar-refractivity contribution in [3.8, 4) is 11.5 Å². The monoisotopic (exact) mass is 259 g/mol. The van der Waals surface area contributed by atoms with Gasteiger partial charge in [-0.1, -0.05) is 6.07 Å². The molecule has 0 aliphatic rings. The van der Waals surface area contributed by atoms with Crippen molar-refractivity contribution in [1.29, 1.82) is 0 Å². The highest BCUT2D eigenvalue weighted by atomic mass is 32.2. The SMILES string of the molecule is CCOc1cc(CNS(C)(=O)=O)ccc1OC. The molecule has 0 amide bonds. The predicted octanol–water partition coefficient (Wildman–Crippen LogP) is 1.14. The van der Waals surface area contributed by atoms with Gasteiger partial charge in [-0.3, -0.25) is 0 Å². The lowest BCUT2D eigenvalue weighted by Crippen LogP contribution is -2.21. The minimum absolute atomic E-state index is 0.239. The molecule has 0 fully saturated rings. The van der Waals surface area contributed by atoms with Crippen molar-refractivity contribution >= 4 is 10.0 Å². The topological polar surface area (TPSA) is 64.6 Å². The minimum Gasteiger partial charge on any atom is -0.493 e. The van der Waals surface area contributed by atoms with Crippen LogP contribution in [-0.4, -0.2) is 28.4 Å². The summed E-state index contributed by atoms with van der Waals surface area (Å²) in [5.74, 6) is 1.25. The first-order chi connectivity index (χ1) is 7.96. The first kappa shape index (κ1) is 13.8. The Bertz CT molecular complexity index is 470. The average molecular weight is 259 g/mol. The lowest BCUT2D eigenvalue weighted by Gasteiger charge is -2.11. The third kappa shape index (κ3) is 4.62. The number of benzene rings is 1. The van der Waals surface area contributed by atoms with Gasteiger partial charge in [0.15, 0.2) is 11.5 Å². The summed E-state index contributed by atoms with van der Waals surface area (Å²) >= 11 is 0. The predicted molar refractivity (Wildman–Crippen MR) is 65.8 cm³/mol. The first-order valence-electron chi connectivity index (χ1n) is 5.20. The highest BCUT2D eigenvalue weighted by Crippen LogP contribution is 2.27. The molecule has 1 aromatic carbocycles. The molecule has 0 bridgehead atoms. The second-order valence-corrected chi connectivity index (χ2v) is 5.34. The maximum absolute atomic E-state index is 11.0. The van der Waals surface area contributed by atoms with Crippen LogP contribution in [0.4, 0.5) is 0 Å². The molecule has 0 saturated heterocycles. The van der Waals surface area contributed by atoms with E-state index in [0.29, 0.717) is 18.1 Å². The van der Waals surface area contributed by atoms with Crippen LogP contribution in [0.5, 0.6) is 11.5 Å². The Morgan fingerprint density at radius 2 is 2.00 bits per heavy atom. The maximum atomic E-state index is 11.0. The summed E-state index contributed by atoms with van der Waals surface area (Å²) in [4.78, 5) is 0. The van der Waals surface area contributed by atoms with Crippen LogP contribution in [0.15, 0.2) is 18.2 Å². The average Bonchev–Trinajstić information content (AvgIpc) is 2.26. The van der Waals surface area contributed by atoms with Gasteiger partial charge in [-0.25, -0.2) is 13.1 Å². The van der Waals surface area contributed by atoms with Gasteiger partial charge in [-0.05, 0) is 24.6 Å². The van der Waals surface area contributed by atoms with Crippen LogP contribution in [0, 0.1) is 0 Å². The van der Waals surface area contributed by atoms with Crippen molar-refractivity contribution in [1.82, 2.24) is 4.72 Å². The number of hydrogen-bond donors (Lipinski definition) is 1. The molecule has 0 aromatic heterocycles. The normalized spacial score (nSPS) is 11.2. The van der Waals surface area contributed by atoms with Gasteiger partial charge in [0, 0.05) is 6.54 Å². The lowest BCUT2D eigenvalue weighted by atomic mass is 10.2. The summed E-state index contributed by atoms with van der Waals surface area (Å²) in [6.45, 7) is 2.64. The molecule has 1 N–H and O–H groups in total. The van der Waals surface area contributed by atoms with Crippen LogP contribution in [0.25, 0.3) is 0 Å². The van der Waals surface area contributed by atoms with E-state index < -0.39 is 10.0 Å². The summed E-state index contributed by atoms with van der Waals surface area (Å²) in [7, 11) is -1.62. The van der Waals surface area contributed by atoms with Gasteiger partial charge in [0.2, 0.25) is 10.0 Å². The molecule has 0 atom stereocenters. The van der Waals surface area contributed by atoms with E-state index in [4.69, 9.17) is 9.47 Å². The van der Waals surface area contributed by atoms with Crippen LogP contribution in [0.2, 0.25) is 0 Å². The van der Waals surface area contributed by atoms with Crippen LogP contribution < -0.4 is 14.2 Å². The molecule has 0 unspecified atom stereocenters. The smallest absolute Gasteiger partial charge is 0.209 e. The van der Waals surface area contributed by atoms with Crippen molar-refractivity contribution in [3.05, 3.63) is 23.8 Å². The molecule has 17 heavy (non-hydrogen) atoms. The van der Waals surface area contributed by atoms with E-state index >= 15 is 0 Å². The highest BCUT2D eigenvalue weighted by Gasteiger charge is 2.07. The molecule has 96 valence electrons. The molecule has 0 spiro atoms. The highest BCUT2D eigenvalue weighted by molar-refractivity contribution is 7.88. The van der Waals surface area contributed by atoms with E-state index in [2.05, 4.69) is 4.72 Å². The number of methoxy groups -OCH3 is 1. The standard InChI is InChI=1S/C11H17NO4S/c1-4-16-11-7-9(5-6-10(11)15-2)8-12-17(3,13)14/h5-7,12H,4,8H2,1-3H3. The zero-order valence-corrected chi connectivity index (χ0v) is 11.0. The molecule has 0 saturated carbocycles. The molecule has 5 nitrogen and oxygen atoms in total. The van der Waals surface area contributed by atoms with Crippen LogP contribution in [0.1, 0.15) is 12.5 Å².